The number of aliphatic hydroxyl groups excluding tert-OH is 1. The molecular weight excluding hydrogens is 446 g/mol. The van der Waals surface area contributed by atoms with E-state index < -0.39 is 41.2 Å². The third kappa shape index (κ3) is 4.12. The molecule has 4 aliphatic heterocycles. The van der Waals surface area contributed by atoms with Gasteiger partial charge in [0.15, 0.2) is 0 Å². The third-order valence-corrected chi connectivity index (χ3v) is 7.83. The minimum absolute atomic E-state index is 0.0974. The molecular formula is C27H41N3O5. The first kappa shape index (κ1) is 25.9. The van der Waals surface area contributed by atoms with Crippen molar-refractivity contribution >= 4 is 17.7 Å². The molecule has 8 heteroatoms. The predicted octanol–water partition coefficient (Wildman–Crippen LogP) is 1.98. The van der Waals surface area contributed by atoms with Gasteiger partial charge in [-0.25, -0.2) is 0 Å². The van der Waals surface area contributed by atoms with E-state index in [1.807, 2.05) is 65.8 Å². The summed E-state index contributed by atoms with van der Waals surface area (Å²) >= 11 is 0. The Morgan fingerprint density at radius 2 is 1.83 bits per heavy atom. The summed E-state index contributed by atoms with van der Waals surface area (Å²) < 4.78 is 6.66. The molecule has 35 heavy (non-hydrogen) atoms. The van der Waals surface area contributed by atoms with Crippen LogP contribution in [-0.2, 0) is 19.1 Å². The molecule has 0 bridgehead atoms. The summed E-state index contributed by atoms with van der Waals surface area (Å²) in [6.07, 6.45) is 8.40. The number of hydrogen-bond acceptors (Lipinski definition) is 5. The van der Waals surface area contributed by atoms with Crippen LogP contribution in [0.5, 0.6) is 0 Å². The average molecular weight is 488 g/mol. The van der Waals surface area contributed by atoms with Crippen molar-refractivity contribution in [1.29, 1.82) is 0 Å². The summed E-state index contributed by atoms with van der Waals surface area (Å²) in [6, 6.07) is -1.46. The van der Waals surface area contributed by atoms with E-state index in [1.165, 1.54) is 0 Å². The SMILES string of the molecule is CCCN1CC=C[C@H]2O[C@]34C=CCN(C(C)(C)C)C(=O)C3N([C@@H](CO)CC(C)C)C(=O)[C@@H]4[C@H]2C1=O. The molecule has 1 spiro atoms. The monoisotopic (exact) mass is 487 g/mol. The first-order valence-corrected chi connectivity index (χ1v) is 13.0. The Morgan fingerprint density at radius 1 is 1.11 bits per heavy atom. The lowest BCUT2D eigenvalue weighted by atomic mass is 9.77. The highest BCUT2D eigenvalue weighted by Crippen LogP contribution is 2.54. The summed E-state index contributed by atoms with van der Waals surface area (Å²) in [4.78, 5) is 47.4. The van der Waals surface area contributed by atoms with E-state index in [1.54, 1.807) is 14.7 Å². The quantitative estimate of drug-likeness (QED) is 0.579. The average Bonchev–Trinajstić information content (AvgIpc) is 3.09. The van der Waals surface area contributed by atoms with Crippen LogP contribution in [0, 0.1) is 17.8 Å². The van der Waals surface area contributed by atoms with E-state index in [-0.39, 0.29) is 30.2 Å². The smallest absolute Gasteiger partial charge is 0.249 e. The number of nitrogens with zero attached hydrogens (tertiary/aromatic N) is 3. The van der Waals surface area contributed by atoms with Crippen LogP contribution >= 0.6 is 0 Å². The molecule has 0 aromatic rings. The van der Waals surface area contributed by atoms with Gasteiger partial charge in [0.1, 0.15) is 11.6 Å². The predicted molar refractivity (Wildman–Crippen MR) is 132 cm³/mol. The Bertz CT molecular complexity index is 922. The maximum Gasteiger partial charge on any atom is 0.249 e. The number of hydrogen-bond donors (Lipinski definition) is 1. The highest BCUT2D eigenvalue weighted by atomic mass is 16.5. The lowest BCUT2D eigenvalue weighted by molar-refractivity contribution is -0.154. The number of rotatable bonds is 6. The Morgan fingerprint density at radius 3 is 2.43 bits per heavy atom. The van der Waals surface area contributed by atoms with Crippen molar-refractivity contribution < 1.29 is 24.2 Å². The van der Waals surface area contributed by atoms with Gasteiger partial charge in [0.05, 0.1) is 30.6 Å². The van der Waals surface area contributed by atoms with Crippen LogP contribution in [0.15, 0.2) is 24.3 Å². The van der Waals surface area contributed by atoms with Crippen molar-refractivity contribution in [2.24, 2.45) is 17.8 Å². The van der Waals surface area contributed by atoms with Gasteiger partial charge < -0.3 is 24.5 Å². The summed E-state index contributed by atoms with van der Waals surface area (Å²) in [5.74, 6) is -1.86. The van der Waals surface area contributed by atoms with Crippen LogP contribution in [0.25, 0.3) is 0 Å². The molecule has 8 nitrogen and oxygen atoms in total. The molecule has 0 aromatic carbocycles. The summed E-state index contributed by atoms with van der Waals surface area (Å²) in [7, 11) is 0. The number of aliphatic hydroxyl groups is 1. The van der Waals surface area contributed by atoms with Crippen LogP contribution in [0.1, 0.15) is 54.4 Å². The zero-order chi connectivity index (χ0) is 25.7. The standard InChI is InChI=1S/C27H41N3O5/c1-7-12-28-13-8-10-19-20(23(28)32)21-24(33)30(18(16-31)15-17(2)3)22-25(34)29(26(4,5)6)14-9-11-27(21,22)35-19/h8-11,17-22,31H,7,12-16H2,1-6H3/t18-,19-,20+,21+,22?,27+/m1/s1. The number of ether oxygens (including phenoxy) is 1. The lowest BCUT2D eigenvalue weighted by Crippen LogP contribution is -2.60. The molecule has 3 amide bonds. The zero-order valence-electron chi connectivity index (χ0n) is 21.9. The van der Waals surface area contributed by atoms with E-state index >= 15 is 0 Å². The molecule has 194 valence electrons. The molecule has 4 rings (SSSR count). The highest BCUT2D eigenvalue weighted by Gasteiger charge is 2.72. The topological polar surface area (TPSA) is 90.4 Å². The number of fused-ring (bicyclic) bond motifs is 2. The van der Waals surface area contributed by atoms with Crippen molar-refractivity contribution in [3.05, 3.63) is 24.3 Å². The van der Waals surface area contributed by atoms with Crippen molar-refractivity contribution in [1.82, 2.24) is 14.7 Å². The van der Waals surface area contributed by atoms with Crippen LogP contribution in [0.2, 0.25) is 0 Å². The minimum atomic E-state index is -1.25. The Kier molecular flexibility index (Phi) is 6.92. The molecule has 0 aliphatic carbocycles. The second-order valence-electron chi connectivity index (χ2n) is 11.8. The highest BCUT2D eigenvalue weighted by molar-refractivity contribution is 6.00. The van der Waals surface area contributed by atoms with Crippen LogP contribution in [-0.4, -0.2) is 93.1 Å². The molecule has 1 N–H and O–H groups in total. The fraction of sp³-hybridized carbons (Fsp3) is 0.741. The molecule has 2 saturated heterocycles. The summed E-state index contributed by atoms with van der Waals surface area (Å²) in [6.45, 7) is 13.2. The molecule has 4 aliphatic rings. The maximum absolute atomic E-state index is 14.3. The van der Waals surface area contributed by atoms with Crippen molar-refractivity contribution in [2.45, 2.75) is 83.7 Å². The Hall–Kier alpha value is -2.19. The first-order valence-electron chi connectivity index (χ1n) is 13.0. The molecule has 6 atom stereocenters. The van der Waals surface area contributed by atoms with E-state index in [9.17, 15) is 19.5 Å². The molecule has 0 aromatic heterocycles. The van der Waals surface area contributed by atoms with E-state index in [2.05, 4.69) is 0 Å². The Balaban J connectivity index is 1.86. The van der Waals surface area contributed by atoms with E-state index in [0.717, 1.165) is 6.42 Å². The zero-order valence-corrected chi connectivity index (χ0v) is 21.9. The maximum atomic E-state index is 14.3. The summed E-state index contributed by atoms with van der Waals surface area (Å²) in [5, 5.41) is 10.4. The second-order valence-corrected chi connectivity index (χ2v) is 11.8. The number of carbonyl (C=O) groups excluding carboxylic acids is 3. The largest absolute Gasteiger partial charge is 0.394 e. The van der Waals surface area contributed by atoms with Crippen LogP contribution < -0.4 is 0 Å². The molecule has 0 saturated carbocycles. The Labute approximate surface area is 208 Å². The van der Waals surface area contributed by atoms with Gasteiger partial charge in [0, 0.05) is 25.2 Å². The van der Waals surface area contributed by atoms with Crippen LogP contribution in [0.3, 0.4) is 0 Å². The van der Waals surface area contributed by atoms with Gasteiger partial charge in [-0.05, 0) is 39.5 Å². The van der Waals surface area contributed by atoms with E-state index in [0.29, 0.717) is 26.1 Å². The van der Waals surface area contributed by atoms with Gasteiger partial charge in [-0.3, -0.25) is 14.4 Å². The number of carbonyl (C=O) groups is 3. The fourth-order valence-electron chi connectivity index (χ4n) is 6.42. The fourth-order valence-corrected chi connectivity index (χ4v) is 6.42. The van der Waals surface area contributed by atoms with E-state index in [4.69, 9.17) is 4.74 Å². The normalized spacial score (nSPS) is 33.7. The third-order valence-electron chi connectivity index (χ3n) is 7.83. The first-order chi connectivity index (χ1) is 16.5. The van der Waals surface area contributed by atoms with Gasteiger partial charge in [-0.15, -0.1) is 0 Å². The van der Waals surface area contributed by atoms with Gasteiger partial charge >= 0.3 is 0 Å². The molecule has 2 fully saturated rings. The van der Waals surface area contributed by atoms with Crippen molar-refractivity contribution in [3.63, 3.8) is 0 Å². The lowest BCUT2D eigenvalue weighted by Gasteiger charge is -2.42. The summed E-state index contributed by atoms with van der Waals surface area (Å²) in [5.41, 5.74) is -1.72. The van der Waals surface area contributed by atoms with Gasteiger partial charge in [-0.1, -0.05) is 45.1 Å². The molecule has 1 unspecified atom stereocenters. The molecule has 4 heterocycles. The van der Waals surface area contributed by atoms with Gasteiger partial charge in [-0.2, -0.15) is 0 Å². The van der Waals surface area contributed by atoms with Crippen molar-refractivity contribution in [3.8, 4) is 0 Å². The molecule has 0 radical (unpaired) electrons. The van der Waals surface area contributed by atoms with Crippen molar-refractivity contribution in [2.75, 3.05) is 26.2 Å². The van der Waals surface area contributed by atoms with Crippen LogP contribution in [0.4, 0.5) is 0 Å². The minimum Gasteiger partial charge on any atom is -0.394 e. The number of amides is 3. The second kappa shape index (κ2) is 9.36. The van der Waals surface area contributed by atoms with Gasteiger partial charge in [0.25, 0.3) is 0 Å². The number of likely N-dealkylation sites (tertiary alicyclic amines) is 1. The van der Waals surface area contributed by atoms with Gasteiger partial charge in [0.2, 0.25) is 17.7 Å².